The Balaban J connectivity index is -0.00000338. The molecule has 0 aromatic rings. The van der Waals surface area contributed by atoms with Gasteiger partial charge in [-0.1, -0.05) is 31.8 Å². The summed E-state index contributed by atoms with van der Waals surface area (Å²) in [5, 5.41) is 10.6. The zero-order chi connectivity index (χ0) is 20.7. The number of nitrogens with one attached hydrogen (secondary N) is 1. The molecule has 0 aliphatic carbocycles. The van der Waals surface area contributed by atoms with Crippen molar-refractivity contribution in [1.29, 1.82) is 0 Å². The third kappa shape index (κ3) is 19.8. The summed E-state index contributed by atoms with van der Waals surface area (Å²) >= 11 is 0. The molecule has 0 radical (unpaired) electrons. The number of ether oxygens (including phenoxy) is 1. The van der Waals surface area contributed by atoms with Crippen LogP contribution in [0.1, 0.15) is 57.8 Å². The first-order valence-corrected chi connectivity index (χ1v) is 10.3. The van der Waals surface area contributed by atoms with Gasteiger partial charge in [0.05, 0.1) is 24.2 Å². The molecule has 0 rings (SSSR count). The van der Waals surface area contributed by atoms with Crippen LogP contribution >= 0.6 is 0 Å². The van der Waals surface area contributed by atoms with Gasteiger partial charge in [-0.3, -0.25) is 9.59 Å². The number of amides is 1. The van der Waals surface area contributed by atoms with Crippen LogP contribution in [0.2, 0.25) is 0 Å². The second-order valence-electron chi connectivity index (χ2n) is 6.02. The van der Waals surface area contributed by atoms with Crippen LogP contribution in [-0.2, 0) is 29.2 Å². The van der Waals surface area contributed by atoms with E-state index in [0.717, 1.165) is 44.9 Å². The Bertz CT molecular complexity index is 598. The number of carboxylic acids is 1. The smallest absolute Gasteiger partial charge is 0.747 e. The maximum absolute atomic E-state index is 11.6. The van der Waals surface area contributed by atoms with Gasteiger partial charge in [0.15, 0.2) is 0 Å². The van der Waals surface area contributed by atoms with Crippen molar-refractivity contribution in [2.75, 3.05) is 13.2 Å². The fourth-order valence-corrected chi connectivity index (χ4v) is 2.81. The van der Waals surface area contributed by atoms with Crippen molar-refractivity contribution < 1.29 is 96.3 Å². The molecule has 0 bridgehead atoms. The molecule has 0 saturated heterocycles. The Morgan fingerprint density at radius 1 is 1.03 bits per heavy atom. The molecule has 0 saturated carbocycles. The molecule has 29 heavy (non-hydrogen) atoms. The van der Waals surface area contributed by atoms with Crippen LogP contribution in [0.3, 0.4) is 0 Å². The molecule has 0 aromatic carbocycles. The van der Waals surface area contributed by atoms with E-state index < -0.39 is 33.7 Å². The summed E-state index contributed by atoms with van der Waals surface area (Å²) < 4.78 is 36.7. The van der Waals surface area contributed by atoms with Gasteiger partial charge in [0.25, 0.3) is 0 Å². The third-order valence-electron chi connectivity index (χ3n) is 3.71. The molecule has 0 aromatic heterocycles. The van der Waals surface area contributed by atoms with Crippen molar-refractivity contribution in [3.8, 4) is 0 Å². The predicted octanol–water partition coefficient (Wildman–Crippen LogP) is -5.99. The second kappa shape index (κ2) is 20.0. The number of carbonyl (C=O) groups excluding carboxylic acids is 3. The van der Waals surface area contributed by atoms with Gasteiger partial charge in [-0.25, -0.2) is 8.42 Å². The van der Waals surface area contributed by atoms with Crippen molar-refractivity contribution >= 4 is 28.0 Å². The van der Waals surface area contributed by atoms with E-state index in [1.54, 1.807) is 0 Å². The van der Waals surface area contributed by atoms with Gasteiger partial charge in [-0.05, 0) is 19.3 Å². The molecule has 9 nitrogen and oxygen atoms in total. The minimum atomic E-state index is -5.21. The van der Waals surface area contributed by atoms with Crippen LogP contribution < -0.4 is 69.5 Å². The van der Waals surface area contributed by atoms with Crippen molar-refractivity contribution in [3.63, 3.8) is 0 Å². The van der Waals surface area contributed by atoms with Gasteiger partial charge in [0, 0.05) is 6.42 Å². The van der Waals surface area contributed by atoms with E-state index in [2.05, 4.69) is 16.6 Å². The zero-order valence-corrected chi connectivity index (χ0v) is 22.1. The molecule has 1 unspecified atom stereocenters. The van der Waals surface area contributed by atoms with E-state index in [1.165, 1.54) is 0 Å². The molecule has 1 atom stereocenters. The Morgan fingerprint density at radius 2 is 1.59 bits per heavy atom. The van der Waals surface area contributed by atoms with Gasteiger partial charge in [0.1, 0.15) is 16.7 Å². The van der Waals surface area contributed by atoms with E-state index in [9.17, 15) is 32.5 Å². The summed E-state index contributed by atoms with van der Waals surface area (Å²) in [5.41, 5.74) is 0. The molecule has 0 fully saturated rings. The molecule has 0 aliphatic rings. The number of carboxylic acid groups (broad SMARTS) is 1. The Labute approximate surface area is 216 Å². The van der Waals surface area contributed by atoms with Crippen molar-refractivity contribution in [2.24, 2.45) is 0 Å². The first-order chi connectivity index (χ1) is 12.7. The minimum absolute atomic E-state index is 0. The first-order valence-electron chi connectivity index (χ1n) is 8.87. The number of hydrogen-bond acceptors (Lipinski definition) is 8. The number of unbranched alkanes of at least 4 members (excludes halogenated alkanes) is 6. The minimum Gasteiger partial charge on any atom is -0.747 e. The first kappa shape index (κ1) is 33.7. The number of allylic oxidation sites excluding steroid dienone is 1. The van der Waals surface area contributed by atoms with Crippen LogP contribution in [0.5, 0.6) is 0 Å². The van der Waals surface area contributed by atoms with Gasteiger partial charge < -0.3 is 24.5 Å². The average Bonchev–Trinajstić information content (AvgIpc) is 2.57. The number of esters is 1. The summed E-state index contributed by atoms with van der Waals surface area (Å²) in [6, 6.07) is 0. The monoisotopic (exact) mass is 451 g/mol. The summed E-state index contributed by atoms with van der Waals surface area (Å²) in [4.78, 5) is 33.5. The number of rotatable bonds is 16. The maximum Gasteiger partial charge on any atom is 1.00 e. The standard InChI is InChI=1S/C17H29NO8S.2Na/c1-2-3-4-5-6-7-8-9-10-15(19)18-11-12-26-16(20)13-14(17(21)22)27(23,24)25;;/h2,14H,1,3-13H2,(H,18,19)(H,21,22)(H,23,24,25);;/q;2*+1/p-2. The van der Waals surface area contributed by atoms with Crippen LogP contribution in [0.4, 0.5) is 0 Å². The number of hydrogen-bond donors (Lipinski definition) is 1. The quantitative estimate of drug-likeness (QED) is 0.0800. The largest absolute Gasteiger partial charge is 1.00 e. The fraction of sp³-hybridized carbons (Fsp3) is 0.706. The Hall–Kier alpha value is 0.0600. The Kier molecular flexibility index (Phi) is 23.2. The van der Waals surface area contributed by atoms with Gasteiger partial charge in [-0.15, -0.1) is 6.58 Å². The number of aliphatic carboxylic acids is 1. The summed E-state index contributed by atoms with van der Waals surface area (Å²) in [5.74, 6) is -3.53. The van der Waals surface area contributed by atoms with E-state index in [1.807, 2.05) is 6.08 Å². The van der Waals surface area contributed by atoms with Crippen molar-refractivity contribution in [1.82, 2.24) is 5.32 Å². The molecule has 12 heteroatoms. The predicted molar refractivity (Wildman–Crippen MR) is 94.2 cm³/mol. The molecule has 1 N–H and O–H groups in total. The van der Waals surface area contributed by atoms with Gasteiger partial charge in [0.2, 0.25) is 5.91 Å². The van der Waals surface area contributed by atoms with Crippen molar-refractivity contribution in [2.45, 2.75) is 63.0 Å². The number of carbonyl (C=O) groups is 3. The Morgan fingerprint density at radius 3 is 2.10 bits per heavy atom. The van der Waals surface area contributed by atoms with Crippen LogP contribution in [0.15, 0.2) is 12.7 Å². The maximum atomic E-state index is 11.6. The van der Waals surface area contributed by atoms with Gasteiger partial charge in [-0.2, -0.15) is 0 Å². The molecule has 1 amide bonds. The molecule has 0 heterocycles. The molecular formula is C17H27NNa2O8S. The summed E-state index contributed by atoms with van der Waals surface area (Å²) in [6.07, 6.45) is 8.30. The molecule has 156 valence electrons. The molecule has 0 spiro atoms. The van der Waals surface area contributed by atoms with E-state index in [0.29, 0.717) is 6.42 Å². The van der Waals surface area contributed by atoms with E-state index in [-0.39, 0.29) is 78.2 Å². The van der Waals surface area contributed by atoms with Gasteiger partial charge >= 0.3 is 65.1 Å². The normalized spacial score (nSPS) is 11.3. The zero-order valence-electron chi connectivity index (χ0n) is 17.3. The van der Waals surface area contributed by atoms with Crippen LogP contribution in [-0.4, -0.2) is 49.2 Å². The van der Waals surface area contributed by atoms with Crippen molar-refractivity contribution in [3.05, 3.63) is 12.7 Å². The van der Waals surface area contributed by atoms with Crippen LogP contribution in [0, 0.1) is 0 Å². The second-order valence-corrected chi connectivity index (χ2v) is 7.58. The average molecular weight is 451 g/mol. The molecule has 0 aliphatic heterocycles. The SMILES string of the molecule is C=CCCCCCCCCC(=O)NCCOC(=O)CC(C(=O)[O-])S(=O)(=O)[O-].[Na+].[Na+]. The van der Waals surface area contributed by atoms with E-state index >= 15 is 0 Å². The van der Waals surface area contributed by atoms with Crippen LogP contribution in [0.25, 0.3) is 0 Å². The summed E-state index contributed by atoms with van der Waals surface area (Å²) in [6.45, 7) is 3.41. The summed E-state index contributed by atoms with van der Waals surface area (Å²) in [7, 11) is -5.21. The van der Waals surface area contributed by atoms with E-state index in [4.69, 9.17) is 0 Å². The molecular weight excluding hydrogens is 424 g/mol. The fourth-order valence-electron chi connectivity index (χ4n) is 2.24. The topological polar surface area (TPSA) is 153 Å². The third-order valence-corrected chi connectivity index (χ3v) is 4.77.